The zero-order chi connectivity index (χ0) is 17.7. The molecule has 0 atom stereocenters. The second-order valence-electron chi connectivity index (χ2n) is 6.55. The van der Waals surface area contributed by atoms with Crippen LogP contribution < -0.4 is 10.1 Å². The molecule has 0 radical (unpaired) electrons. The van der Waals surface area contributed by atoms with E-state index in [-0.39, 0.29) is 18.0 Å². The van der Waals surface area contributed by atoms with Crippen LogP contribution in [0, 0.1) is 0 Å². The first-order valence-electron chi connectivity index (χ1n) is 8.74. The highest BCUT2D eigenvalue weighted by atomic mass is 16.5. The number of carbonyl (C=O) groups is 2. The molecule has 1 saturated heterocycles. The van der Waals surface area contributed by atoms with E-state index in [0.717, 1.165) is 25.7 Å². The van der Waals surface area contributed by atoms with Gasteiger partial charge in [-0.15, -0.1) is 0 Å². The van der Waals surface area contributed by atoms with E-state index in [0.29, 0.717) is 37.5 Å². The molecule has 2 heterocycles. The van der Waals surface area contributed by atoms with E-state index >= 15 is 0 Å². The van der Waals surface area contributed by atoms with Crippen LogP contribution in [0.4, 0.5) is 0 Å². The van der Waals surface area contributed by atoms with Crippen molar-refractivity contribution < 1.29 is 23.8 Å². The maximum absolute atomic E-state index is 12.5. The molecule has 2 fully saturated rings. The molecule has 25 heavy (non-hydrogen) atoms. The van der Waals surface area contributed by atoms with Crippen molar-refractivity contribution in [3.8, 4) is 5.88 Å². The Hall–Kier alpha value is -2.15. The molecule has 0 unspecified atom stereocenters. The van der Waals surface area contributed by atoms with Crippen LogP contribution in [0.15, 0.2) is 18.3 Å². The summed E-state index contributed by atoms with van der Waals surface area (Å²) in [5, 5.41) is 2.85. The van der Waals surface area contributed by atoms with Crippen molar-refractivity contribution in [1.29, 1.82) is 0 Å². The Labute approximate surface area is 147 Å². The maximum atomic E-state index is 12.5. The lowest BCUT2D eigenvalue weighted by Crippen LogP contribution is -2.53. The van der Waals surface area contributed by atoms with E-state index in [1.807, 2.05) is 0 Å². The highest BCUT2D eigenvalue weighted by Gasteiger charge is 2.43. The average Bonchev–Trinajstić information content (AvgIpc) is 3.12. The minimum Gasteiger partial charge on any atom is -0.474 e. The van der Waals surface area contributed by atoms with Crippen LogP contribution in [0.2, 0.25) is 0 Å². The highest BCUT2D eigenvalue weighted by Crippen LogP contribution is 2.31. The normalized spacial score (nSPS) is 20.0. The van der Waals surface area contributed by atoms with Gasteiger partial charge in [0.2, 0.25) is 5.88 Å². The van der Waals surface area contributed by atoms with Gasteiger partial charge in [-0.1, -0.05) is 12.8 Å². The third kappa shape index (κ3) is 4.10. The number of methoxy groups -OCH3 is 1. The Morgan fingerprint density at radius 1 is 1.24 bits per heavy atom. The number of hydrogen-bond donors (Lipinski definition) is 1. The number of pyridine rings is 1. The molecule has 1 amide bonds. The van der Waals surface area contributed by atoms with Crippen LogP contribution in [-0.2, 0) is 14.3 Å². The first-order chi connectivity index (χ1) is 12.1. The molecular formula is C18H24N2O5. The molecule has 0 spiro atoms. The molecule has 3 rings (SSSR count). The SMILES string of the molecule is COC(=O)C1(NC(=O)c2ccc(OC3CCOCC3)nc2)CCCC1. The Morgan fingerprint density at radius 2 is 1.96 bits per heavy atom. The fourth-order valence-electron chi connectivity index (χ4n) is 3.39. The number of nitrogens with one attached hydrogen (secondary N) is 1. The van der Waals surface area contributed by atoms with Gasteiger partial charge in [0.1, 0.15) is 11.6 Å². The number of aromatic nitrogens is 1. The number of hydrogen-bond acceptors (Lipinski definition) is 6. The van der Waals surface area contributed by atoms with Crippen LogP contribution in [0.1, 0.15) is 48.9 Å². The standard InChI is InChI=1S/C18H24N2O5/c1-23-17(22)18(8-2-3-9-18)20-16(21)13-4-5-15(19-12-13)25-14-6-10-24-11-7-14/h4-5,12,14H,2-3,6-11H2,1H3,(H,20,21). The Balaban J connectivity index is 1.63. The predicted octanol–water partition coefficient (Wildman–Crippen LogP) is 1.85. The predicted molar refractivity (Wildman–Crippen MR) is 89.4 cm³/mol. The monoisotopic (exact) mass is 348 g/mol. The number of amides is 1. The molecule has 1 aromatic rings. The quantitative estimate of drug-likeness (QED) is 0.817. The van der Waals surface area contributed by atoms with E-state index in [1.165, 1.54) is 13.3 Å². The molecule has 7 nitrogen and oxygen atoms in total. The van der Waals surface area contributed by atoms with Crippen LogP contribution in [-0.4, -0.2) is 48.8 Å². The zero-order valence-electron chi connectivity index (χ0n) is 14.5. The van der Waals surface area contributed by atoms with Gasteiger partial charge in [-0.3, -0.25) is 4.79 Å². The lowest BCUT2D eigenvalue weighted by molar-refractivity contribution is -0.148. The molecule has 0 aromatic carbocycles. The fourth-order valence-corrected chi connectivity index (χ4v) is 3.39. The number of rotatable bonds is 5. The van der Waals surface area contributed by atoms with Gasteiger partial charge < -0.3 is 19.5 Å². The van der Waals surface area contributed by atoms with Gasteiger partial charge in [-0.25, -0.2) is 9.78 Å². The second kappa shape index (κ2) is 7.82. The molecule has 2 aliphatic rings. The summed E-state index contributed by atoms with van der Waals surface area (Å²) >= 11 is 0. The van der Waals surface area contributed by atoms with Gasteiger partial charge in [0.25, 0.3) is 5.91 Å². The van der Waals surface area contributed by atoms with E-state index in [2.05, 4.69) is 10.3 Å². The van der Waals surface area contributed by atoms with E-state index in [1.54, 1.807) is 12.1 Å². The smallest absolute Gasteiger partial charge is 0.331 e. The Morgan fingerprint density at radius 3 is 2.56 bits per heavy atom. The Kier molecular flexibility index (Phi) is 5.53. The molecule has 1 aliphatic heterocycles. The van der Waals surface area contributed by atoms with Crippen molar-refractivity contribution in [2.75, 3.05) is 20.3 Å². The third-order valence-electron chi connectivity index (χ3n) is 4.84. The lowest BCUT2D eigenvalue weighted by Gasteiger charge is -2.27. The van der Waals surface area contributed by atoms with Crippen LogP contribution in [0.5, 0.6) is 5.88 Å². The van der Waals surface area contributed by atoms with Gasteiger partial charge in [0.15, 0.2) is 0 Å². The van der Waals surface area contributed by atoms with Crippen molar-refractivity contribution in [2.45, 2.75) is 50.2 Å². The molecule has 1 aliphatic carbocycles. The van der Waals surface area contributed by atoms with Crippen LogP contribution >= 0.6 is 0 Å². The van der Waals surface area contributed by atoms with Crippen molar-refractivity contribution in [3.63, 3.8) is 0 Å². The summed E-state index contributed by atoms with van der Waals surface area (Å²) < 4.78 is 16.0. The Bertz CT molecular complexity index is 604. The summed E-state index contributed by atoms with van der Waals surface area (Å²) in [7, 11) is 1.35. The van der Waals surface area contributed by atoms with E-state index < -0.39 is 5.54 Å². The molecule has 1 N–H and O–H groups in total. The number of ether oxygens (including phenoxy) is 3. The number of esters is 1. The van der Waals surface area contributed by atoms with Gasteiger partial charge in [0, 0.05) is 25.1 Å². The van der Waals surface area contributed by atoms with Crippen molar-refractivity contribution in [2.24, 2.45) is 0 Å². The second-order valence-corrected chi connectivity index (χ2v) is 6.55. The zero-order valence-corrected chi connectivity index (χ0v) is 14.5. The summed E-state index contributed by atoms with van der Waals surface area (Å²) in [6.07, 6.45) is 6.24. The van der Waals surface area contributed by atoms with Crippen molar-refractivity contribution >= 4 is 11.9 Å². The minimum atomic E-state index is -0.914. The molecule has 0 bridgehead atoms. The lowest BCUT2D eigenvalue weighted by atomic mass is 9.97. The average molecular weight is 348 g/mol. The van der Waals surface area contributed by atoms with Gasteiger partial charge >= 0.3 is 5.97 Å². The maximum Gasteiger partial charge on any atom is 0.331 e. The molecule has 136 valence electrons. The fraction of sp³-hybridized carbons (Fsp3) is 0.611. The van der Waals surface area contributed by atoms with Gasteiger partial charge in [-0.05, 0) is 18.9 Å². The van der Waals surface area contributed by atoms with Crippen molar-refractivity contribution in [3.05, 3.63) is 23.9 Å². The number of carbonyl (C=O) groups excluding carboxylic acids is 2. The summed E-state index contributed by atoms with van der Waals surface area (Å²) in [4.78, 5) is 28.8. The summed E-state index contributed by atoms with van der Waals surface area (Å²) in [5.74, 6) is -0.213. The largest absolute Gasteiger partial charge is 0.474 e. The minimum absolute atomic E-state index is 0.0991. The first-order valence-corrected chi connectivity index (χ1v) is 8.74. The number of nitrogens with zero attached hydrogens (tertiary/aromatic N) is 1. The van der Waals surface area contributed by atoms with Crippen LogP contribution in [0.3, 0.4) is 0 Å². The van der Waals surface area contributed by atoms with Crippen LogP contribution in [0.25, 0.3) is 0 Å². The summed E-state index contributed by atoms with van der Waals surface area (Å²) in [6.45, 7) is 1.39. The van der Waals surface area contributed by atoms with E-state index in [4.69, 9.17) is 14.2 Å². The van der Waals surface area contributed by atoms with Gasteiger partial charge in [-0.2, -0.15) is 0 Å². The summed E-state index contributed by atoms with van der Waals surface area (Å²) in [6, 6.07) is 3.35. The molecule has 1 saturated carbocycles. The first kappa shape index (κ1) is 17.7. The third-order valence-corrected chi connectivity index (χ3v) is 4.84. The molecule has 1 aromatic heterocycles. The van der Waals surface area contributed by atoms with E-state index in [9.17, 15) is 9.59 Å². The van der Waals surface area contributed by atoms with Gasteiger partial charge in [0.05, 0.1) is 25.9 Å². The van der Waals surface area contributed by atoms with Crippen molar-refractivity contribution in [1.82, 2.24) is 10.3 Å². The highest BCUT2D eigenvalue weighted by molar-refractivity contribution is 5.98. The molecule has 7 heteroatoms. The molecular weight excluding hydrogens is 324 g/mol. The topological polar surface area (TPSA) is 86.8 Å². The summed E-state index contributed by atoms with van der Waals surface area (Å²) in [5.41, 5.74) is -0.516.